The molecule has 0 saturated carbocycles. The molecule has 2 N–H and O–H groups in total. The van der Waals surface area contributed by atoms with Gasteiger partial charge in [0.25, 0.3) is 0 Å². The quantitative estimate of drug-likeness (QED) is 0.381. The summed E-state index contributed by atoms with van der Waals surface area (Å²) < 4.78 is 7.49. The van der Waals surface area contributed by atoms with Gasteiger partial charge in [-0.25, -0.2) is 0 Å². The SMILES string of the molecule is COI1CNCNC1. The van der Waals surface area contributed by atoms with E-state index < -0.39 is 20.2 Å². The third-order valence-electron chi connectivity index (χ3n) is 0.955. The minimum atomic E-state index is -0.980. The number of hydrogen-bond acceptors (Lipinski definition) is 3. The number of halogens is 1. The van der Waals surface area contributed by atoms with Gasteiger partial charge < -0.3 is 0 Å². The Bertz CT molecular complexity index is 65.1. The Kier molecular flexibility index (Phi) is 3.03. The molecule has 1 aliphatic rings. The average molecular weight is 230 g/mol. The number of nitrogens with one attached hydrogen (secondary N) is 2. The topological polar surface area (TPSA) is 33.3 Å². The molecular formula is C4H11IN2O. The van der Waals surface area contributed by atoms with Crippen LogP contribution in [0, 0.1) is 0 Å². The molecule has 50 valence electrons. The molecule has 1 saturated heterocycles. The van der Waals surface area contributed by atoms with Crippen molar-refractivity contribution in [3.8, 4) is 0 Å². The zero-order valence-electron chi connectivity index (χ0n) is 4.91. The second-order valence-corrected chi connectivity index (χ2v) is 6.24. The fourth-order valence-electron chi connectivity index (χ4n) is 0.550. The first-order valence-electron chi connectivity index (χ1n) is 2.51. The summed E-state index contributed by atoms with van der Waals surface area (Å²) in [5.74, 6) is 0. The standard InChI is InChI=1S/C4H11IN2O/c1-8-5-2-6-4-7-3-5/h6-7H,2-4H2,1H3. The van der Waals surface area contributed by atoms with E-state index in [0.29, 0.717) is 0 Å². The Balaban J connectivity index is 2.13. The summed E-state index contributed by atoms with van der Waals surface area (Å²) in [4.78, 5) is 0. The van der Waals surface area contributed by atoms with E-state index >= 15 is 0 Å². The summed E-state index contributed by atoms with van der Waals surface area (Å²) in [6, 6.07) is 0. The van der Waals surface area contributed by atoms with E-state index in [9.17, 15) is 0 Å². The second kappa shape index (κ2) is 3.60. The van der Waals surface area contributed by atoms with Crippen LogP contribution in [0.1, 0.15) is 0 Å². The first kappa shape index (κ1) is 6.73. The Labute approximate surface area is 57.1 Å². The summed E-state index contributed by atoms with van der Waals surface area (Å²) in [5.41, 5.74) is 0. The third kappa shape index (κ3) is 1.85. The minimum absolute atomic E-state index is 0.956. The molecule has 0 aromatic heterocycles. The van der Waals surface area contributed by atoms with Crippen LogP contribution in [0.25, 0.3) is 0 Å². The first-order chi connectivity index (χ1) is 3.93. The monoisotopic (exact) mass is 230 g/mol. The van der Waals surface area contributed by atoms with Gasteiger partial charge >= 0.3 is 56.8 Å². The van der Waals surface area contributed by atoms with Gasteiger partial charge in [0.2, 0.25) is 0 Å². The van der Waals surface area contributed by atoms with Crippen LogP contribution in [0.15, 0.2) is 0 Å². The van der Waals surface area contributed by atoms with Crippen LogP contribution < -0.4 is 10.6 Å². The van der Waals surface area contributed by atoms with E-state index in [1.54, 1.807) is 7.11 Å². The van der Waals surface area contributed by atoms with Gasteiger partial charge in [-0.2, -0.15) is 0 Å². The van der Waals surface area contributed by atoms with Gasteiger partial charge in [-0.3, -0.25) is 0 Å². The molecule has 0 spiro atoms. The van der Waals surface area contributed by atoms with Crippen molar-refractivity contribution in [2.75, 3.05) is 22.9 Å². The molecule has 0 aliphatic carbocycles. The molecule has 1 heterocycles. The van der Waals surface area contributed by atoms with Crippen molar-refractivity contribution >= 4 is 20.2 Å². The molecule has 0 amide bonds. The Morgan fingerprint density at radius 1 is 1.38 bits per heavy atom. The number of hydrogen-bond donors (Lipinski definition) is 2. The maximum atomic E-state index is 5.22. The van der Waals surface area contributed by atoms with Gasteiger partial charge in [0.05, 0.1) is 0 Å². The predicted octanol–water partition coefficient (Wildman–Crippen LogP) is 0.119. The predicted molar refractivity (Wildman–Crippen MR) is 41.9 cm³/mol. The zero-order chi connectivity index (χ0) is 5.82. The third-order valence-corrected chi connectivity index (χ3v) is 4.98. The molecule has 0 aromatic carbocycles. The molecule has 3 nitrogen and oxygen atoms in total. The van der Waals surface area contributed by atoms with Crippen molar-refractivity contribution in [3.05, 3.63) is 0 Å². The van der Waals surface area contributed by atoms with Crippen LogP contribution in [-0.2, 0) is 3.07 Å². The van der Waals surface area contributed by atoms with Gasteiger partial charge in [-0.15, -0.1) is 0 Å². The van der Waals surface area contributed by atoms with Gasteiger partial charge in [-0.1, -0.05) is 0 Å². The fraction of sp³-hybridized carbons (Fsp3) is 1.00. The summed E-state index contributed by atoms with van der Waals surface area (Å²) in [7, 11) is 1.81. The van der Waals surface area contributed by atoms with Crippen molar-refractivity contribution in [1.82, 2.24) is 10.6 Å². The fourth-order valence-corrected chi connectivity index (χ4v) is 3.19. The second-order valence-electron chi connectivity index (χ2n) is 1.51. The van der Waals surface area contributed by atoms with Crippen LogP contribution in [0.5, 0.6) is 0 Å². The van der Waals surface area contributed by atoms with Gasteiger partial charge in [0.15, 0.2) is 0 Å². The van der Waals surface area contributed by atoms with Crippen LogP contribution in [0.2, 0.25) is 0 Å². The zero-order valence-corrected chi connectivity index (χ0v) is 7.07. The number of rotatable bonds is 1. The van der Waals surface area contributed by atoms with Crippen molar-refractivity contribution in [2.45, 2.75) is 0 Å². The molecule has 0 bridgehead atoms. The Morgan fingerprint density at radius 3 is 2.38 bits per heavy atom. The van der Waals surface area contributed by atoms with Crippen molar-refractivity contribution in [2.24, 2.45) is 0 Å². The molecule has 1 fully saturated rings. The normalized spacial score (nSPS) is 25.9. The summed E-state index contributed by atoms with van der Waals surface area (Å²) in [5, 5.41) is 6.44. The van der Waals surface area contributed by atoms with Gasteiger partial charge in [0, 0.05) is 0 Å². The molecule has 1 aliphatic heterocycles. The molecule has 1 rings (SSSR count). The van der Waals surface area contributed by atoms with Crippen molar-refractivity contribution in [1.29, 1.82) is 0 Å². The maximum absolute atomic E-state index is 5.22. The summed E-state index contributed by atoms with van der Waals surface area (Å²) in [6.45, 7) is 0.956. The van der Waals surface area contributed by atoms with Crippen LogP contribution >= 0.6 is 20.2 Å². The van der Waals surface area contributed by atoms with E-state index in [1.807, 2.05) is 0 Å². The van der Waals surface area contributed by atoms with Gasteiger partial charge in [-0.05, 0) is 0 Å². The Morgan fingerprint density at radius 2 is 2.00 bits per heavy atom. The van der Waals surface area contributed by atoms with Gasteiger partial charge in [0.1, 0.15) is 0 Å². The average Bonchev–Trinajstić information content (AvgIpc) is 1.90. The molecular weight excluding hydrogens is 219 g/mol. The van der Waals surface area contributed by atoms with Crippen LogP contribution in [-0.4, -0.2) is 22.9 Å². The van der Waals surface area contributed by atoms with Crippen molar-refractivity contribution < 1.29 is 3.07 Å². The van der Waals surface area contributed by atoms with Crippen LogP contribution in [0.4, 0.5) is 0 Å². The Hall–Kier alpha value is 0.610. The first-order valence-corrected chi connectivity index (χ1v) is 6.44. The molecule has 0 atom stereocenters. The van der Waals surface area contributed by atoms with E-state index in [2.05, 4.69) is 10.6 Å². The van der Waals surface area contributed by atoms with E-state index in [4.69, 9.17) is 3.07 Å². The molecule has 0 radical (unpaired) electrons. The summed E-state index contributed by atoms with van der Waals surface area (Å²) >= 11 is -0.980. The van der Waals surface area contributed by atoms with Crippen LogP contribution in [0.3, 0.4) is 0 Å². The number of alkyl halides is 2. The molecule has 0 unspecified atom stereocenters. The van der Waals surface area contributed by atoms with E-state index in [-0.39, 0.29) is 0 Å². The molecule has 8 heavy (non-hydrogen) atoms. The molecule has 4 heteroatoms. The summed E-state index contributed by atoms with van der Waals surface area (Å²) in [6.07, 6.45) is 0. The molecule has 0 aromatic rings. The van der Waals surface area contributed by atoms with E-state index in [1.165, 1.54) is 0 Å². The van der Waals surface area contributed by atoms with Crippen molar-refractivity contribution in [3.63, 3.8) is 0 Å². The van der Waals surface area contributed by atoms with E-state index in [0.717, 1.165) is 15.8 Å².